The maximum atomic E-state index is 11.8. The van der Waals surface area contributed by atoms with Crippen molar-refractivity contribution < 1.29 is 57.1 Å². The predicted octanol–water partition coefficient (Wildman–Crippen LogP) is 11.5. The Kier molecular flexibility index (Phi) is 19.6. The number of alkyl halides is 2. The van der Waals surface area contributed by atoms with E-state index in [2.05, 4.69) is 16.0 Å². The number of ether oxygens (including phenoxy) is 9. The lowest BCUT2D eigenvalue weighted by atomic mass is 10.1. The van der Waals surface area contributed by atoms with E-state index in [1.54, 1.807) is 24.3 Å². The van der Waals surface area contributed by atoms with Crippen LogP contribution in [-0.4, -0.2) is 67.9 Å². The number of nitrogen functional groups attached to an aromatic ring is 1. The van der Waals surface area contributed by atoms with Crippen molar-refractivity contribution in [3.05, 3.63) is 125 Å². The van der Waals surface area contributed by atoms with Gasteiger partial charge in [-0.1, -0.05) is 36.4 Å². The van der Waals surface area contributed by atoms with Gasteiger partial charge in [0.1, 0.15) is 22.9 Å². The van der Waals surface area contributed by atoms with Crippen molar-refractivity contribution in [1.82, 2.24) is 0 Å². The third-order valence-corrected chi connectivity index (χ3v) is 10.7. The van der Waals surface area contributed by atoms with E-state index in [-0.39, 0.29) is 50.0 Å². The van der Waals surface area contributed by atoms with Crippen LogP contribution < -0.4 is 64.3 Å². The van der Waals surface area contributed by atoms with E-state index in [0.29, 0.717) is 77.1 Å². The molecule has 9 rings (SSSR count). The third-order valence-electron chi connectivity index (χ3n) is 9.84. The summed E-state index contributed by atoms with van der Waals surface area (Å²) in [5.74, 6) is 5.46. The molecule has 3 heterocycles. The monoisotopic (exact) mass is 1030 g/mol. The number of ketones is 1. The predicted molar refractivity (Wildman–Crippen MR) is 272 cm³/mol. The number of nitrogens with zero attached hydrogens (tertiary/aromatic N) is 1. The molecular weight excluding hydrogens is 985 g/mol. The van der Waals surface area contributed by atoms with Crippen LogP contribution in [0.15, 0.2) is 109 Å². The van der Waals surface area contributed by atoms with Crippen LogP contribution >= 0.6 is 34.8 Å². The minimum Gasteiger partial charge on any atom is -0.492 e. The number of Topliss-reactive ketones (excluding diaryl/α,β-unsaturated/α-hetero) is 1. The van der Waals surface area contributed by atoms with Gasteiger partial charge in [-0.05, 0) is 80.4 Å². The van der Waals surface area contributed by atoms with Crippen molar-refractivity contribution >= 4 is 91.3 Å². The Balaban J connectivity index is 0.000000167. The lowest BCUT2D eigenvalue weighted by Crippen LogP contribution is -2.07. The fraction of sp³-hybridized carbons (Fsp3) is 0.240. The van der Waals surface area contributed by atoms with Gasteiger partial charge in [0.2, 0.25) is 25.6 Å². The van der Waals surface area contributed by atoms with Gasteiger partial charge in [0, 0.05) is 36.4 Å². The number of nitro groups is 1. The summed E-state index contributed by atoms with van der Waals surface area (Å²) in [6, 6.07) is 32.8. The number of hydrogen-bond donors (Lipinski definition) is 4. The molecule has 0 atom stereocenters. The van der Waals surface area contributed by atoms with E-state index in [1.807, 2.05) is 99.6 Å². The number of rotatable bonds is 17. The fourth-order valence-corrected chi connectivity index (χ4v) is 6.84. The lowest BCUT2D eigenvalue weighted by molar-refractivity contribution is -0.384. The molecule has 374 valence electrons. The van der Waals surface area contributed by atoms with E-state index < -0.39 is 10.2 Å². The molecular formula is C50H50Cl3N5O13. The molecule has 6 aromatic carbocycles. The Morgan fingerprint density at radius 3 is 1.35 bits per heavy atom. The van der Waals surface area contributed by atoms with Gasteiger partial charge >= 0.3 is 0 Å². The van der Waals surface area contributed by atoms with Crippen LogP contribution in [0.1, 0.15) is 26.3 Å². The molecule has 71 heavy (non-hydrogen) atoms. The van der Waals surface area contributed by atoms with Crippen LogP contribution in [0.3, 0.4) is 0 Å². The number of benzene rings is 6. The number of hydrogen-bond acceptors (Lipinski definition) is 17. The quantitative estimate of drug-likeness (QED) is 0.0219. The molecule has 0 bridgehead atoms. The number of carbonyl (C=O) groups excluding carboxylic acids is 2. The van der Waals surface area contributed by atoms with E-state index in [4.69, 9.17) is 83.2 Å². The molecule has 0 aliphatic carbocycles. The van der Waals surface area contributed by atoms with Gasteiger partial charge in [-0.2, -0.15) is 0 Å². The zero-order valence-electron chi connectivity index (χ0n) is 38.7. The van der Waals surface area contributed by atoms with Gasteiger partial charge < -0.3 is 64.3 Å². The summed E-state index contributed by atoms with van der Waals surface area (Å²) in [6.07, 6.45) is 0.222. The molecule has 0 spiro atoms. The second kappa shape index (κ2) is 26.3. The second-order valence-corrected chi connectivity index (χ2v) is 15.6. The van der Waals surface area contributed by atoms with E-state index in [9.17, 15) is 19.7 Å². The summed E-state index contributed by atoms with van der Waals surface area (Å²) in [5, 5.41) is 20.4. The zero-order valence-corrected chi connectivity index (χ0v) is 41.0. The van der Waals surface area contributed by atoms with Gasteiger partial charge in [0.05, 0.1) is 71.0 Å². The standard InChI is InChI=1S/C18H18ClNO4.C15H14N2O5.C15H16N2O3.C2H2Cl2O/c1-2-22-16-6-4-3-5-14(16)20-15-9-18-17(23-11-24-18)8-12(15)7-13(21)10-19;1-2-20-13-6-4-3-5-10(13)16-11-7-14-15(22-9-21-14)8-12(11)17(18)19;1-2-18-13-6-4-3-5-11(13)17-12-8-15-14(7-10(12)16)19-9-20-15;3-1-2(4)5/h3-6,8-9,20H,2,7,10-11H2,1H3;3-8,16H,2,9H2,1H3;3-8,17H,2,9,16H2,1H3;1H2. The highest BCUT2D eigenvalue weighted by Gasteiger charge is 2.25. The molecule has 3 aliphatic rings. The Bertz CT molecular complexity index is 2800. The lowest BCUT2D eigenvalue weighted by Gasteiger charge is -2.15. The Morgan fingerprint density at radius 1 is 0.563 bits per heavy atom. The van der Waals surface area contributed by atoms with Crippen molar-refractivity contribution in [1.29, 1.82) is 0 Å². The van der Waals surface area contributed by atoms with Gasteiger partial charge in [-0.15, -0.1) is 23.2 Å². The molecule has 3 aliphatic heterocycles. The topological polar surface area (TPSA) is 222 Å². The number of fused-ring (bicyclic) bond motifs is 3. The van der Waals surface area contributed by atoms with Crippen molar-refractivity contribution in [2.75, 3.05) is 73.6 Å². The SMILES string of the molecule is CCOc1ccccc1Nc1cc2c(cc1CC(=O)CCl)OCO2.CCOc1ccccc1Nc1cc2c(cc1N)OCO2.CCOc1ccccc1Nc1cc2c(cc1[N+](=O)[O-])OCO2.O=C(Cl)CCl. The van der Waals surface area contributed by atoms with Gasteiger partial charge in [-0.25, -0.2) is 0 Å². The first-order valence-corrected chi connectivity index (χ1v) is 23.4. The number of nitrogens with one attached hydrogen (secondary N) is 3. The number of halogens is 3. The minimum absolute atomic E-state index is 0.0244. The zero-order chi connectivity index (χ0) is 50.7. The van der Waals surface area contributed by atoms with Crippen LogP contribution in [0.4, 0.5) is 45.5 Å². The Hall–Kier alpha value is -7.67. The summed E-state index contributed by atoms with van der Waals surface area (Å²) < 4.78 is 48.7. The maximum absolute atomic E-state index is 11.8. The Labute approximate surface area is 424 Å². The number of nitro benzene ring substituents is 1. The van der Waals surface area contributed by atoms with E-state index in [1.165, 1.54) is 6.07 Å². The van der Waals surface area contributed by atoms with Crippen LogP contribution in [0.5, 0.6) is 51.7 Å². The highest BCUT2D eigenvalue weighted by Crippen LogP contribution is 2.44. The molecule has 0 fully saturated rings. The fourth-order valence-electron chi connectivity index (χ4n) is 6.74. The largest absolute Gasteiger partial charge is 0.492 e. The first kappa shape index (κ1) is 52.7. The average molecular weight is 1040 g/mol. The highest BCUT2D eigenvalue weighted by molar-refractivity contribution is 6.67. The Morgan fingerprint density at radius 2 is 0.930 bits per heavy atom. The molecule has 18 nitrogen and oxygen atoms in total. The van der Waals surface area contributed by atoms with Gasteiger partial charge in [0.25, 0.3) is 5.69 Å². The molecule has 0 radical (unpaired) electrons. The smallest absolute Gasteiger partial charge is 0.296 e. The average Bonchev–Trinajstić information content (AvgIpc) is 4.15. The first-order chi connectivity index (χ1) is 34.4. The molecule has 0 amide bonds. The molecule has 0 aromatic heterocycles. The highest BCUT2D eigenvalue weighted by atomic mass is 35.5. The molecule has 5 N–H and O–H groups in total. The summed E-state index contributed by atoms with van der Waals surface area (Å²) >= 11 is 15.2. The number of nitrogens with two attached hydrogens (primary N) is 1. The van der Waals surface area contributed by atoms with E-state index >= 15 is 0 Å². The van der Waals surface area contributed by atoms with Crippen molar-refractivity contribution in [2.45, 2.75) is 27.2 Å². The molecule has 21 heteroatoms. The van der Waals surface area contributed by atoms with Crippen LogP contribution in [-0.2, 0) is 16.0 Å². The van der Waals surface area contributed by atoms with Gasteiger partial charge in [-0.3, -0.25) is 19.7 Å². The number of anilines is 7. The minimum atomic E-state index is -0.508. The summed E-state index contributed by atoms with van der Waals surface area (Å²) in [6.45, 7) is 7.90. The summed E-state index contributed by atoms with van der Waals surface area (Å²) in [4.78, 5) is 32.0. The number of carbonyl (C=O) groups is 2. The normalized spacial score (nSPS) is 11.8. The van der Waals surface area contributed by atoms with Crippen molar-refractivity contribution in [3.63, 3.8) is 0 Å². The van der Waals surface area contributed by atoms with Crippen molar-refractivity contribution in [3.8, 4) is 51.7 Å². The number of para-hydroxylation sites is 6. The van der Waals surface area contributed by atoms with Crippen LogP contribution in [0.25, 0.3) is 0 Å². The first-order valence-electron chi connectivity index (χ1n) is 21.9. The third kappa shape index (κ3) is 14.7. The van der Waals surface area contributed by atoms with Gasteiger partial charge in [0.15, 0.2) is 40.3 Å². The van der Waals surface area contributed by atoms with Crippen LogP contribution in [0.2, 0.25) is 0 Å². The molecule has 0 saturated carbocycles. The van der Waals surface area contributed by atoms with Crippen molar-refractivity contribution in [2.24, 2.45) is 0 Å². The molecule has 6 aromatic rings. The summed E-state index contributed by atoms with van der Waals surface area (Å²) in [7, 11) is 0. The summed E-state index contributed by atoms with van der Waals surface area (Å²) in [5.41, 5.74) is 11.5. The van der Waals surface area contributed by atoms with Crippen LogP contribution in [0, 0.1) is 10.1 Å². The molecule has 0 saturated heterocycles. The maximum Gasteiger partial charge on any atom is 0.296 e. The second-order valence-electron chi connectivity index (χ2n) is 14.6. The van der Waals surface area contributed by atoms with E-state index in [0.717, 1.165) is 39.8 Å². The molecule has 0 unspecified atom stereocenters.